The van der Waals surface area contributed by atoms with Gasteiger partial charge in [-0.25, -0.2) is 0 Å². The van der Waals surface area contributed by atoms with Crippen LogP contribution in [-0.2, 0) is 11.3 Å². The topological polar surface area (TPSA) is 100 Å². The molecule has 132 valence electrons. The third-order valence-electron chi connectivity index (χ3n) is 4.92. The largest absolute Gasteiger partial charge is 0.378 e. The normalized spacial score (nSPS) is 24.1. The number of H-pyrrole nitrogens is 1. The van der Waals surface area contributed by atoms with Gasteiger partial charge in [-0.1, -0.05) is 30.3 Å². The molecule has 3 N–H and O–H groups in total. The highest BCUT2D eigenvalue weighted by Gasteiger charge is 2.37. The van der Waals surface area contributed by atoms with Gasteiger partial charge in [0.05, 0.1) is 19.3 Å². The van der Waals surface area contributed by atoms with Gasteiger partial charge in [-0.2, -0.15) is 4.98 Å². The van der Waals surface area contributed by atoms with E-state index in [1.165, 1.54) is 5.56 Å². The molecule has 2 aliphatic heterocycles. The number of aromatic nitrogens is 3. The number of amides is 1. The van der Waals surface area contributed by atoms with Gasteiger partial charge in [-0.15, -0.1) is 5.10 Å². The third kappa shape index (κ3) is 3.35. The van der Waals surface area contributed by atoms with Gasteiger partial charge >= 0.3 is 0 Å². The molecule has 1 aromatic carbocycles. The van der Waals surface area contributed by atoms with Crippen molar-refractivity contribution in [2.75, 3.05) is 32.0 Å². The highest BCUT2D eigenvalue weighted by atomic mass is 16.5. The Kier molecular flexibility index (Phi) is 4.37. The first-order chi connectivity index (χ1) is 12.2. The summed E-state index contributed by atoms with van der Waals surface area (Å²) in [7, 11) is 0. The number of benzene rings is 1. The smallest absolute Gasteiger partial charge is 0.291 e. The second-order valence-electron chi connectivity index (χ2n) is 6.59. The molecule has 3 heterocycles. The maximum absolute atomic E-state index is 12.7. The molecule has 2 aliphatic rings. The number of nitrogens with zero attached hydrogens (tertiary/aromatic N) is 4. The van der Waals surface area contributed by atoms with Crippen molar-refractivity contribution in [1.29, 1.82) is 0 Å². The lowest BCUT2D eigenvalue weighted by molar-refractivity contribution is -0.0491. The van der Waals surface area contributed by atoms with Crippen LogP contribution in [0.5, 0.6) is 0 Å². The molecule has 2 aromatic rings. The molecular weight excluding hydrogens is 320 g/mol. The fraction of sp³-hybridized carbons (Fsp3) is 0.471. The number of nitrogens with one attached hydrogen (secondary N) is 1. The first-order valence-corrected chi connectivity index (χ1v) is 8.55. The molecular formula is C17H22N6O2. The molecule has 0 radical (unpaired) electrons. The number of morpholine rings is 1. The highest BCUT2D eigenvalue weighted by molar-refractivity contribution is 5.90. The lowest BCUT2D eigenvalue weighted by Gasteiger charge is -2.40. The molecule has 0 saturated carbocycles. The zero-order valence-corrected chi connectivity index (χ0v) is 14.0. The van der Waals surface area contributed by atoms with E-state index in [4.69, 9.17) is 10.5 Å². The summed E-state index contributed by atoms with van der Waals surface area (Å²) < 4.78 is 5.79. The molecule has 2 fully saturated rings. The van der Waals surface area contributed by atoms with E-state index < -0.39 is 0 Å². The molecule has 25 heavy (non-hydrogen) atoms. The van der Waals surface area contributed by atoms with Crippen LogP contribution in [0.15, 0.2) is 30.3 Å². The quantitative estimate of drug-likeness (QED) is 0.843. The molecule has 1 aromatic heterocycles. The Labute approximate surface area is 146 Å². The van der Waals surface area contributed by atoms with E-state index >= 15 is 0 Å². The van der Waals surface area contributed by atoms with Gasteiger partial charge in [-0.05, 0) is 12.0 Å². The van der Waals surface area contributed by atoms with E-state index in [1.807, 2.05) is 11.0 Å². The van der Waals surface area contributed by atoms with Crippen LogP contribution in [0.25, 0.3) is 0 Å². The van der Waals surface area contributed by atoms with Crippen LogP contribution in [0.1, 0.15) is 22.6 Å². The van der Waals surface area contributed by atoms with Gasteiger partial charge in [0.2, 0.25) is 11.8 Å². The van der Waals surface area contributed by atoms with E-state index in [9.17, 15) is 4.79 Å². The Morgan fingerprint density at radius 3 is 2.84 bits per heavy atom. The Hall–Kier alpha value is -2.45. The molecule has 8 nitrogen and oxygen atoms in total. The summed E-state index contributed by atoms with van der Waals surface area (Å²) in [4.78, 5) is 21.0. The molecule has 8 heteroatoms. The van der Waals surface area contributed by atoms with E-state index in [0.717, 1.165) is 13.0 Å². The summed E-state index contributed by atoms with van der Waals surface area (Å²) in [6.45, 7) is 3.50. The summed E-state index contributed by atoms with van der Waals surface area (Å²) in [6, 6.07) is 10.9. The fourth-order valence-electron chi connectivity index (χ4n) is 3.64. The van der Waals surface area contributed by atoms with Gasteiger partial charge in [0.15, 0.2) is 0 Å². The Morgan fingerprint density at radius 1 is 1.28 bits per heavy atom. The number of nitrogen functional groups attached to an aromatic ring is 1. The maximum Gasteiger partial charge on any atom is 0.291 e. The molecule has 2 unspecified atom stereocenters. The summed E-state index contributed by atoms with van der Waals surface area (Å²) in [5, 5.41) is 6.36. The van der Waals surface area contributed by atoms with Crippen molar-refractivity contribution in [3.63, 3.8) is 0 Å². The number of carbonyl (C=O) groups is 1. The lowest BCUT2D eigenvalue weighted by atomic mass is 10.1. The van der Waals surface area contributed by atoms with Crippen LogP contribution in [0.2, 0.25) is 0 Å². The van der Waals surface area contributed by atoms with Gasteiger partial charge in [0.25, 0.3) is 5.91 Å². The number of carbonyl (C=O) groups excluding carboxylic acids is 1. The van der Waals surface area contributed by atoms with Gasteiger partial charge in [-0.3, -0.25) is 14.8 Å². The van der Waals surface area contributed by atoms with Crippen molar-refractivity contribution in [3.8, 4) is 0 Å². The second kappa shape index (κ2) is 6.81. The van der Waals surface area contributed by atoms with Crippen molar-refractivity contribution in [2.24, 2.45) is 0 Å². The third-order valence-corrected chi connectivity index (χ3v) is 4.92. The second-order valence-corrected chi connectivity index (χ2v) is 6.59. The average molecular weight is 342 g/mol. The Bertz CT molecular complexity index is 734. The number of anilines is 1. The first kappa shape index (κ1) is 16.0. The summed E-state index contributed by atoms with van der Waals surface area (Å²) in [6.07, 6.45) is 0.874. The van der Waals surface area contributed by atoms with Crippen LogP contribution in [-0.4, -0.2) is 69.3 Å². The van der Waals surface area contributed by atoms with Crippen LogP contribution in [0.4, 0.5) is 5.95 Å². The zero-order chi connectivity index (χ0) is 17.2. The van der Waals surface area contributed by atoms with Gasteiger partial charge in [0, 0.05) is 25.7 Å². The molecule has 2 saturated heterocycles. The van der Waals surface area contributed by atoms with Crippen molar-refractivity contribution < 1.29 is 9.53 Å². The lowest BCUT2D eigenvalue weighted by Crippen LogP contribution is -2.53. The standard InChI is InChI=1S/C17H22N6O2/c18-17-19-15(20-21-17)16(24)22-7-6-13-10-25-11-14(9-22)23(13)8-12-4-2-1-3-5-12/h1-5,13-14H,6-11H2,(H3,18,19,20,21). The number of ether oxygens (including phenoxy) is 1. The van der Waals surface area contributed by atoms with Gasteiger partial charge < -0.3 is 15.4 Å². The predicted octanol–water partition coefficient (Wildman–Crippen LogP) is 0.502. The molecule has 4 rings (SSSR count). The van der Waals surface area contributed by atoms with E-state index in [1.54, 1.807) is 0 Å². The minimum absolute atomic E-state index is 0.0888. The number of hydrogen-bond acceptors (Lipinski definition) is 6. The summed E-state index contributed by atoms with van der Waals surface area (Å²) in [5.41, 5.74) is 6.80. The number of aromatic amines is 1. The minimum Gasteiger partial charge on any atom is -0.378 e. The zero-order valence-electron chi connectivity index (χ0n) is 14.0. The molecule has 2 bridgehead atoms. The van der Waals surface area contributed by atoms with Crippen LogP contribution in [0, 0.1) is 0 Å². The summed E-state index contributed by atoms with van der Waals surface area (Å²) in [5.74, 6) is 0.131. The number of rotatable bonds is 3. The maximum atomic E-state index is 12.7. The molecule has 0 spiro atoms. The van der Waals surface area contributed by atoms with E-state index in [-0.39, 0.29) is 23.7 Å². The van der Waals surface area contributed by atoms with Crippen molar-refractivity contribution in [3.05, 3.63) is 41.7 Å². The monoisotopic (exact) mass is 342 g/mol. The SMILES string of the molecule is Nc1n[nH]c(C(=O)N2CCC3COCC(C2)N3Cc2ccccc2)n1. The van der Waals surface area contributed by atoms with E-state index in [2.05, 4.69) is 44.3 Å². The average Bonchev–Trinajstić information content (AvgIpc) is 3.04. The number of fused-ring (bicyclic) bond motifs is 2. The predicted molar refractivity (Wildman–Crippen MR) is 91.7 cm³/mol. The van der Waals surface area contributed by atoms with Crippen LogP contribution < -0.4 is 5.73 Å². The Morgan fingerprint density at radius 2 is 2.08 bits per heavy atom. The molecule has 0 aliphatic carbocycles. The van der Waals surface area contributed by atoms with Crippen LogP contribution in [0.3, 0.4) is 0 Å². The number of hydrogen-bond donors (Lipinski definition) is 2. The molecule has 2 atom stereocenters. The minimum atomic E-state index is -0.156. The van der Waals surface area contributed by atoms with Crippen molar-refractivity contribution in [1.82, 2.24) is 25.0 Å². The van der Waals surface area contributed by atoms with E-state index in [0.29, 0.717) is 32.3 Å². The first-order valence-electron chi connectivity index (χ1n) is 8.55. The summed E-state index contributed by atoms with van der Waals surface area (Å²) >= 11 is 0. The van der Waals surface area contributed by atoms with Crippen LogP contribution >= 0.6 is 0 Å². The Balaban J connectivity index is 1.52. The van der Waals surface area contributed by atoms with Gasteiger partial charge in [0.1, 0.15) is 0 Å². The fourth-order valence-corrected chi connectivity index (χ4v) is 3.64. The van der Waals surface area contributed by atoms with Crippen molar-refractivity contribution in [2.45, 2.75) is 25.0 Å². The van der Waals surface area contributed by atoms with Crippen molar-refractivity contribution >= 4 is 11.9 Å². The number of nitrogens with two attached hydrogens (primary N) is 1. The molecule has 1 amide bonds. The highest BCUT2D eigenvalue weighted by Crippen LogP contribution is 2.24.